The Morgan fingerprint density at radius 1 is 0.887 bits per heavy atom. The molecular weight excluding hydrogens is 1040 g/mol. The lowest BCUT2D eigenvalue weighted by molar-refractivity contribution is -0.271. The molecule has 23 heteroatoms. The van der Waals surface area contributed by atoms with Crippen molar-refractivity contribution in [2.24, 2.45) is 23.7 Å². The predicted octanol–water partition coefficient (Wildman–Crippen LogP) is 2.83. The summed E-state index contributed by atoms with van der Waals surface area (Å²) >= 11 is 0. The van der Waals surface area contributed by atoms with Gasteiger partial charge in [-0.05, 0) is 55.2 Å². The number of carbonyl (C=O) groups excluding carboxylic acids is 5. The summed E-state index contributed by atoms with van der Waals surface area (Å²) in [5.74, 6) is -4.44. The monoisotopic (exact) mass is 1130 g/mol. The van der Waals surface area contributed by atoms with E-state index in [0.29, 0.717) is 25.8 Å². The zero-order chi connectivity index (χ0) is 59.9. The lowest BCUT2D eigenvalue weighted by Gasteiger charge is -2.41. The number of carboxylic acids is 2. The molecule has 23 nitrogen and oxygen atoms in total. The van der Waals surface area contributed by atoms with Crippen LogP contribution in [0.2, 0.25) is 0 Å². The van der Waals surface area contributed by atoms with Gasteiger partial charge in [-0.15, -0.1) is 6.42 Å². The minimum atomic E-state index is -1.94. The molecule has 1 unspecified atom stereocenters. The molecule has 80 heavy (non-hydrogen) atoms. The minimum Gasteiger partial charge on any atom is -0.480 e. The Balaban J connectivity index is 1.47. The Hall–Kier alpha value is -6.55. The Bertz CT molecular complexity index is 2470. The molecule has 444 valence electrons. The number of carboxylic acid groups (broad SMARTS) is 2. The highest BCUT2D eigenvalue weighted by atomic mass is 16.7. The van der Waals surface area contributed by atoms with Crippen molar-refractivity contribution in [3.63, 3.8) is 0 Å². The molecule has 0 aromatic heterocycles. The predicted molar refractivity (Wildman–Crippen MR) is 290 cm³/mol. The Kier molecular flexibility index (Phi) is 24.6. The molecule has 0 radical (unpaired) electrons. The molecule has 5 amide bonds. The van der Waals surface area contributed by atoms with Crippen LogP contribution in [0, 0.1) is 36.0 Å². The third-order valence-electron chi connectivity index (χ3n) is 15.1. The van der Waals surface area contributed by atoms with Crippen LogP contribution in [0.25, 0.3) is 0 Å². The van der Waals surface area contributed by atoms with Crippen molar-refractivity contribution < 1.29 is 87.5 Å². The summed E-state index contributed by atoms with van der Waals surface area (Å²) in [4.78, 5) is 99.6. The normalized spacial score (nSPS) is 22.5. The summed E-state index contributed by atoms with van der Waals surface area (Å²) in [6.07, 6.45) is -4.81. The minimum absolute atomic E-state index is 0.0369. The molecule has 2 fully saturated rings. The molecule has 2 aliphatic heterocycles. The number of nitrogens with one attached hydrogen (secondary N) is 2. The van der Waals surface area contributed by atoms with Gasteiger partial charge >= 0.3 is 18.0 Å². The van der Waals surface area contributed by atoms with Crippen molar-refractivity contribution in [3.05, 3.63) is 59.7 Å². The number of hydrogen-bond donors (Lipinski definition) is 7. The van der Waals surface area contributed by atoms with Crippen LogP contribution in [0.15, 0.2) is 48.5 Å². The number of nitrogens with zero attached hydrogens (tertiary/aromatic N) is 3. The second-order valence-electron chi connectivity index (χ2n) is 21.6. The van der Waals surface area contributed by atoms with Gasteiger partial charge in [0.2, 0.25) is 29.9 Å². The summed E-state index contributed by atoms with van der Waals surface area (Å²) in [7, 11) is 5.89. The molecule has 2 heterocycles. The molecule has 14 atom stereocenters. The molecule has 0 spiro atoms. The van der Waals surface area contributed by atoms with Gasteiger partial charge in [-0.3, -0.25) is 24.1 Å². The number of methoxy groups -OCH3 is 2. The van der Waals surface area contributed by atoms with Crippen LogP contribution in [0.1, 0.15) is 92.2 Å². The number of amides is 5. The van der Waals surface area contributed by atoms with Gasteiger partial charge in [0.1, 0.15) is 60.6 Å². The van der Waals surface area contributed by atoms with Gasteiger partial charge in [-0.1, -0.05) is 91.1 Å². The van der Waals surface area contributed by atoms with Crippen molar-refractivity contribution in [2.75, 3.05) is 41.5 Å². The van der Waals surface area contributed by atoms with Crippen LogP contribution in [-0.4, -0.2) is 196 Å². The quantitative estimate of drug-likeness (QED) is 0.0603. The van der Waals surface area contributed by atoms with E-state index < -0.39 is 133 Å². The van der Waals surface area contributed by atoms with E-state index >= 15 is 0 Å². The molecule has 2 aliphatic rings. The van der Waals surface area contributed by atoms with Crippen molar-refractivity contribution >= 4 is 41.7 Å². The first-order chi connectivity index (χ1) is 37.7. The van der Waals surface area contributed by atoms with Crippen LogP contribution in [0.3, 0.4) is 0 Å². The number of terminal acetylenes is 1. The van der Waals surface area contributed by atoms with Gasteiger partial charge in [0, 0.05) is 52.9 Å². The second-order valence-corrected chi connectivity index (χ2v) is 21.6. The van der Waals surface area contributed by atoms with Crippen molar-refractivity contribution in [2.45, 2.75) is 167 Å². The van der Waals surface area contributed by atoms with E-state index in [-0.39, 0.29) is 48.3 Å². The van der Waals surface area contributed by atoms with Crippen LogP contribution in [0.4, 0.5) is 4.79 Å². The van der Waals surface area contributed by atoms with Gasteiger partial charge in [-0.25, -0.2) is 14.4 Å². The Morgan fingerprint density at radius 2 is 1.55 bits per heavy atom. The summed E-state index contributed by atoms with van der Waals surface area (Å²) in [6.45, 7) is 13.7. The molecule has 2 aromatic carbocycles. The van der Waals surface area contributed by atoms with Crippen molar-refractivity contribution in [3.8, 4) is 23.8 Å². The number of aliphatic hydroxyl groups excluding tert-OH is 3. The van der Waals surface area contributed by atoms with E-state index in [1.54, 1.807) is 70.8 Å². The van der Waals surface area contributed by atoms with E-state index in [0.717, 1.165) is 10.5 Å². The second kappa shape index (κ2) is 29.8. The number of aliphatic carboxylic acids is 2. The number of likely N-dealkylation sites (tertiary alicyclic amines) is 1. The standard InChI is InChI=1S/C57H83N5O18/c1-14-26-77-39-27-37(79-54-47(66)45(64)46(65)49(80-54)53(70)71)24-23-36(39)30-78-56(74)61(11)43(32(5)6)51(68)58-42(31(3)4)52(69)60(10)44(33(7)15-2)40(75-12)28-41(63)62-25-19-22-38(62)48(76-13)34(8)50(67)59-57(9,55(72)73)29-35-20-17-16-18-21-35/h1,16-18,20-21,23-24,27,31-34,38,40,42-49,54,64-66H,15,19,22,25-26,28-30H2,2-13H3,(H,58,68)(H,59,67)(H,70,71)(H,72,73)/t33?,34-,38+,40-,42+,43+,44+,45+,46+,47-,48-,49+,54-,57-/m1/s1. The number of hydrogen-bond acceptors (Lipinski definition) is 16. The highest BCUT2D eigenvalue weighted by Crippen LogP contribution is 2.32. The summed E-state index contributed by atoms with van der Waals surface area (Å²) < 4.78 is 34.1. The topological polar surface area (TPSA) is 310 Å². The Labute approximate surface area is 468 Å². The first-order valence-corrected chi connectivity index (χ1v) is 26.9. The highest BCUT2D eigenvalue weighted by Gasteiger charge is 2.49. The largest absolute Gasteiger partial charge is 0.480 e. The molecular formula is C57H83N5O18. The maximum Gasteiger partial charge on any atom is 0.410 e. The maximum absolute atomic E-state index is 14.8. The van der Waals surface area contributed by atoms with Crippen LogP contribution in [-0.2, 0) is 60.7 Å². The average Bonchev–Trinajstić information content (AvgIpc) is 3.90. The van der Waals surface area contributed by atoms with Gasteiger partial charge in [-0.2, -0.15) is 0 Å². The number of ether oxygens (including phenoxy) is 6. The lowest BCUT2D eigenvalue weighted by atomic mass is 9.89. The third-order valence-corrected chi connectivity index (χ3v) is 15.1. The third kappa shape index (κ3) is 16.3. The molecule has 0 aliphatic carbocycles. The average molecular weight is 1130 g/mol. The molecule has 0 saturated carbocycles. The van der Waals surface area contributed by atoms with Gasteiger partial charge in [0.25, 0.3) is 0 Å². The highest BCUT2D eigenvalue weighted by molar-refractivity contribution is 5.92. The smallest absolute Gasteiger partial charge is 0.410 e. The molecule has 4 rings (SSSR count). The van der Waals surface area contributed by atoms with Crippen LogP contribution < -0.4 is 20.1 Å². The fraction of sp³-hybridized carbons (Fsp3) is 0.632. The van der Waals surface area contributed by atoms with E-state index in [2.05, 4.69) is 16.6 Å². The van der Waals surface area contributed by atoms with Gasteiger partial charge < -0.3 is 74.4 Å². The fourth-order valence-corrected chi connectivity index (χ4v) is 10.4. The molecule has 0 bridgehead atoms. The van der Waals surface area contributed by atoms with Crippen LogP contribution in [0.5, 0.6) is 11.5 Å². The lowest BCUT2D eigenvalue weighted by Crippen LogP contribution is -2.61. The number of aliphatic hydroxyl groups is 3. The SMILES string of the molecule is C#CCOc1cc(O[C@@H]2O[C@H](C(=O)O)[C@@H](O)[C@H](O)[C@H]2O)ccc1COC(=O)N(C)[C@H](C(=O)N[C@H](C(=O)N(C)[C@@H](C(C)CC)[C@@H](CC(=O)N1CCC[C@H]1[C@H](OC)[C@@H](C)C(=O)N[C@](C)(Cc1ccccc1)C(=O)O)OC)C(C)C)C(C)C. The van der Waals surface area contributed by atoms with E-state index in [4.69, 9.17) is 34.8 Å². The van der Waals surface area contributed by atoms with Crippen molar-refractivity contribution in [1.82, 2.24) is 25.3 Å². The summed E-state index contributed by atoms with van der Waals surface area (Å²) in [6, 6.07) is 9.61. The van der Waals surface area contributed by atoms with E-state index in [9.17, 15) is 59.1 Å². The molecule has 2 saturated heterocycles. The first kappa shape index (κ1) is 66.0. The zero-order valence-corrected chi connectivity index (χ0v) is 47.9. The number of carbonyl (C=O) groups is 7. The zero-order valence-electron chi connectivity index (χ0n) is 47.9. The molecule has 2 aromatic rings. The summed E-state index contributed by atoms with van der Waals surface area (Å²) in [5.41, 5.74) is -0.624. The number of rotatable bonds is 28. The molecule has 7 N–H and O–H groups in total. The maximum atomic E-state index is 14.8. The number of likely N-dealkylation sites (N-methyl/N-ethyl adjacent to an activating group) is 2. The van der Waals surface area contributed by atoms with Gasteiger partial charge in [0.05, 0.1) is 36.6 Å². The van der Waals surface area contributed by atoms with Gasteiger partial charge in [0.15, 0.2) is 6.10 Å². The first-order valence-electron chi connectivity index (χ1n) is 26.9. The summed E-state index contributed by atoms with van der Waals surface area (Å²) in [5, 5.41) is 56.1. The van der Waals surface area contributed by atoms with E-state index in [1.807, 2.05) is 19.9 Å². The Morgan fingerprint density at radius 3 is 2.11 bits per heavy atom. The fourth-order valence-electron chi connectivity index (χ4n) is 10.4. The number of benzene rings is 2. The van der Waals surface area contributed by atoms with Crippen LogP contribution >= 0.6 is 0 Å². The van der Waals surface area contributed by atoms with Crippen molar-refractivity contribution in [1.29, 1.82) is 0 Å². The van der Waals surface area contributed by atoms with E-state index in [1.165, 1.54) is 51.3 Å².